The summed E-state index contributed by atoms with van der Waals surface area (Å²) < 4.78 is 33.8. The molecular formula is C23H22Cl2N2O5S. The zero-order valence-electron chi connectivity index (χ0n) is 17.8. The summed E-state index contributed by atoms with van der Waals surface area (Å²) in [6, 6.07) is 11.8. The van der Waals surface area contributed by atoms with Gasteiger partial charge in [0.25, 0.3) is 0 Å². The number of sulfonamides is 1. The van der Waals surface area contributed by atoms with Crippen LogP contribution in [0.5, 0.6) is 0 Å². The van der Waals surface area contributed by atoms with Crippen LogP contribution in [-0.4, -0.2) is 49.4 Å². The van der Waals surface area contributed by atoms with E-state index in [2.05, 4.69) is 0 Å². The summed E-state index contributed by atoms with van der Waals surface area (Å²) >= 11 is 11.9. The normalized spacial score (nSPS) is 17.2. The first kappa shape index (κ1) is 23.8. The predicted octanol–water partition coefficient (Wildman–Crippen LogP) is 4.62. The first-order chi connectivity index (χ1) is 15.7. The van der Waals surface area contributed by atoms with E-state index in [0.717, 1.165) is 0 Å². The molecule has 1 unspecified atom stereocenters. The van der Waals surface area contributed by atoms with Gasteiger partial charge >= 0.3 is 5.97 Å². The molecule has 174 valence electrons. The molecule has 2 heterocycles. The van der Waals surface area contributed by atoms with E-state index in [1.54, 1.807) is 36.4 Å². The predicted molar refractivity (Wildman–Crippen MR) is 127 cm³/mol. The van der Waals surface area contributed by atoms with Crippen molar-refractivity contribution in [3.05, 3.63) is 69.8 Å². The minimum absolute atomic E-state index is 0.0720. The fourth-order valence-corrected chi connectivity index (χ4v) is 6.08. The van der Waals surface area contributed by atoms with Crippen molar-refractivity contribution in [2.75, 3.05) is 20.2 Å². The zero-order chi connectivity index (χ0) is 23.8. The minimum Gasteiger partial charge on any atom is -0.465 e. The molecule has 1 aromatic heterocycles. The van der Waals surface area contributed by atoms with Gasteiger partial charge in [-0.3, -0.25) is 9.36 Å². The highest BCUT2D eigenvalue weighted by atomic mass is 35.5. The van der Waals surface area contributed by atoms with Gasteiger partial charge in [0.1, 0.15) is 0 Å². The number of benzene rings is 2. The number of fused-ring (bicyclic) bond motifs is 1. The number of ether oxygens (including phenoxy) is 1. The Hall–Kier alpha value is -2.39. The minimum atomic E-state index is -3.67. The lowest BCUT2D eigenvalue weighted by molar-refractivity contribution is 0.0603. The Bertz CT molecular complexity index is 1340. The summed E-state index contributed by atoms with van der Waals surface area (Å²) in [5.74, 6) is -1.56. The van der Waals surface area contributed by atoms with Crippen molar-refractivity contribution in [1.82, 2.24) is 8.87 Å². The molecule has 1 atom stereocenters. The van der Waals surface area contributed by atoms with Crippen LogP contribution in [0, 0.1) is 5.92 Å². The number of methoxy groups -OCH3 is 1. The number of esters is 1. The third-order valence-electron chi connectivity index (χ3n) is 5.81. The number of rotatable bonds is 5. The van der Waals surface area contributed by atoms with Gasteiger partial charge in [-0.05, 0) is 36.6 Å². The molecule has 1 aliphatic heterocycles. The van der Waals surface area contributed by atoms with Crippen LogP contribution in [0.2, 0.25) is 10.0 Å². The topological polar surface area (TPSA) is 85.7 Å². The van der Waals surface area contributed by atoms with E-state index in [1.165, 1.54) is 28.2 Å². The molecule has 10 heteroatoms. The van der Waals surface area contributed by atoms with Crippen LogP contribution in [0.25, 0.3) is 10.9 Å². The van der Waals surface area contributed by atoms with E-state index < -0.39 is 21.9 Å². The number of piperidine rings is 1. The van der Waals surface area contributed by atoms with Gasteiger partial charge in [0.15, 0.2) is 0 Å². The monoisotopic (exact) mass is 508 g/mol. The fraction of sp³-hybridized carbons (Fsp3) is 0.304. The molecule has 0 spiro atoms. The van der Waals surface area contributed by atoms with E-state index >= 15 is 0 Å². The molecule has 1 aliphatic rings. The van der Waals surface area contributed by atoms with Gasteiger partial charge in [-0.1, -0.05) is 47.5 Å². The lowest BCUT2D eigenvalue weighted by Crippen LogP contribution is -2.43. The van der Waals surface area contributed by atoms with Crippen molar-refractivity contribution < 1.29 is 22.7 Å². The van der Waals surface area contributed by atoms with Gasteiger partial charge in [-0.15, -0.1) is 0 Å². The molecule has 3 aromatic rings. The van der Waals surface area contributed by atoms with Gasteiger partial charge in [0.05, 0.1) is 39.9 Å². The number of carbonyl (C=O) groups excluding carboxylic acids is 2. The number of carbonyl (C=O) groups is 2. The van der Waals surface area contributed by atoms with Crippen LogP contribution in [0.3, 0.4) is 0 Å². The smallest absolute Gasteiger partial charge is 0.340 e. The highest BCUT2D eigenvalue weighted by Crippen LogP contribution is 2.28. The van der Waals surface area contributed by atoms with Crippen molar-refractivity contribution in [1.29, 1.82) is 0 Å². The molecule has 7 nitrogen and oxygen atoms in total. The largest absolute Gasteiger partial charge is 0.465 e. The van der Waals surface area contributed by atoms with Crippen LogP contribution in [-0.2, 0) is 20.5 Å². The van der Waals surface area contributed by atoms with Crippen molar-refractivity contribution in [3.63, 3.8) is 0 Å². The average Bonchev–Trinajstić information content (AvgIpc) is 3.20. The Kier molecular flexibility index (Phi) is 6.81. The number of halogens is 2. The summed E-state index contributed by atoms with van der Waals surface area (Å²) in [4.78, 5) is 25.6. The molecule has 33 heavy (non-hydrogen) atoms. The van der Waals surface area contributed by atoms with Gasteiger partial charge in [0, 0.05) is 24.7 Å². The zero-order valence-corrected chi connectivity index (χ0v) is 20.2. The van der Waals surface area contributed by atoms with Crippen LogP contribution in [0.1, 0.15) is 33.6 Å². The maximum atomic E-state index is 13.4. The number of para-hydroxylation sites is 1. The van der Waals surface area contributed by atoms with E-state index in [9.17, 15) is 18.0 Å². The molecule has 0 amide bonds. The fourth-order valence-electron chi connectivity index (χ4n) is 4.16. The Morgan fingerprint density at radius 2 is 1.88 bits per heavy atom. The lowest BCUT2D eigenvalue weighted by Gasteiger charge is -2.31. The number of nitrogens with zero attached hydrogens (tertiary/aromatic N) is 2. The van der Waals surface area contributed by atoms with Gasteiger partial charge < -0.3 is 4.74 Å². The molecule has 1 fully saturated rings. The van der Waals surface area contributed by atoms with E-state index in [0.29, 0.717) is 46.4 Å². The van der Waals surface area contributed by atoms with Crippen molar-refractivity contribution >= 4 is 56.0 Å². The Morgan fingerprint density at radius 3 is 2.61 bits per heavy atom. The third-order valence-corrected chi connectivity index (χ3v) is 8.37. The Morgan fingerprint density at radius 1 is 1.12 bits per heavy atom. The first-order valence-corrected chi connectivity index (χ1v) is 12.7. The lowest BCUT2D eigenvalue weighted by atomic mass is 9.98. The molecule has 0 saturated carbocycles. The molecule has 2 aromatic carbocycles. The number of hydrogen-bond donors (Lipinski definition) is 0. The quantitative estimate of drug-likeness (QED) is 0.469. The average molecular weight is 509 g/mol. The van der Waals surface area contributed by atoms with Crippen molar-refractivity contribution in [3.8, 4) is 0 Å². The van der Waals surface area contributed by atoms with Crippen LogP contribution in [0.4, 0.5) is 0 Å². The summed E-state index contributed by atoms with van der Waals surface area (Å²) in [6.07, 6.45) is 2.58. The van der Waals surface area contributed by atoms with Crippen LogP contribution < -0.4 is 0 Å². The standard InChI is InChI=1S/C23H22Cl2N2O5S/c1-32-23(29)18-13-27(21-7-3-2-6-17(18)21)22(28)16-5-4-10-26(12-16)33(30,31)14-15-8-9-19(24)20(25)11-15/h2-3,6-9,11,13,16H,4-5,10,12,14H2,1H3. The highest BCUT2D eigenvalue weighted by Gasteiger charge is 2.34. The van der Waals surface area contributed by atoms with Crippen LogP contribution >= 0.6 is 23.2 Å². The second-order valence-electron chi connectivity index (χ2n) is 7.96. The van der Waals surface area contributed by atoms with Gasteiger partial charge in [-0.25, -0.2) is 17.5 Å². The second-order valence-corrected chi connectivity index (χ2v) is 10.7. The molecule has 0 radical (unpaired) electrons. The molecular weight excluding hydrogens is 487 g/mol. The Balaban J connectivity index is 1.58. The number of hydrogen-bond acceptors (Lipinski definition) is 5. The van der Waals surface area contributed by atoms with Gasteiger partial charge in [-0.2, -0.15) is 0 Å². The number of aromatic nitrogens is 1. The highest BCUT2D eigenvalue weighted by molar-refractivity contribution is 7.88. The summed E-state index contributed by atoms with van der Waals surface area (Å²) in [5, 5.41) is 1.25. The Labute approximate surface area is 201 Å². The van der Waals surface area contributed by atoms with Gasteiger partial charge in [0.2, 0.25) is 15.9 Å². The van der Waals surface area contributed by atoms with Crippen molar-refractivity contribution in [2.24, 2.45) is 5.92 Å². The maximum Gasteiger partial charge on any atom is 0.340 e. The second kappa shape index (κ2) is 9.46. The van der Waals surface area contributed by atoms with Crippen LogP contribution in [0.15, 0.2) is 48.7 Å². The third kappa shape index (κ3) is 4.80. The summed E-state index contributed by atoms with van der Waals surface area (Å²) in [5.41, 5.74) is 1.40. The molecule has 0 aliphatic carbocycles. The molecule has 0 N–H and O–H groups in total. The molecule has 4 rings (SSSR count). The maximum absolute atomic E-state index is 13.4. The summed E-state index contributed by atoms with van der Waals surface area (Å²) in [7, 11) is -2.39. The summed E-state index contributed by atoms with van der Waals surface area (Å²) in [6.45, 7) is 0.413. The van der Waals surface area contributed by atoms with E-state index in [1.807, 2.05) is 0 Å². The van der Waals surface area contributed by atoms with Crippen molar-refractivity contribution in [2.45, 2.75) is 18.6 Å². The SMILES string of the molecule is COC(=O)c1cn(C(=O)C2CCCN(S(=O)(=O)Cc3ccc(Cl)c(Cl)c3)C2)c2ccccc12. The first-order valence-electron chi connectivity index (χ1n) is 10.4. The van der Waals surface area contributed by atoms with E-state index in [4.69, 9.17) is 27.9 Å². The molecule has 0 bridgehead atoms. The van der Waals surface area contributed by atoms with E-state index in [-0.39, 0.29) is 23.2 Å². The molecule has 1 saturated heterocycles.